The maximum absolute atomic E-state index is 11.8. The molecule has 0 aromatic carbocycles. The molecule has 1 saturated carbocycles. The highest BCUT2D eigenvalue weighted by molar-refractivity contribution is 6.53. The average Bonchev–Trinajstić information content (AvgIpc) is 2.71. The first-order valence-corrected chi connectivity index (χ1v) is 5.49. The second-order valence-corrected chi connectivity index (χ2v) is 5.56. The predicted molar refractivity (Wildman–Crippen MR) is 62.9 cm³/mol. The molecule has 6 heteroatoms. The fraction of sp³-hybridized carbons (Fsp3) is 0.400. The smallest absolute Gasteiger partial charge is 0.271 e. The second-order valence-electron chi connectivity index (χ2n) is 4.08. The Labute approximate surface area is 102 Å². The van der Waals surface area contributed by atoms with E-state index < -0.39 is 9.75 Å². The number of carbonyl (C=O) groups excluding carboxylic acids is 1. The van der Waals surface area contributed by atoms with Crippen LogP contribution in [0.5, 0.6) is 0 Å². The molecular formula is C10H10Cl2N2O2. The van der Waals surface area contributed by atoms with Gasteiger partial charge in [0.25, 0.3) is 5.56 Å². The minimum atomic E-state index is -1.03. The quantitative estimate of drug-likeness (QED) is 0.798. The molecule has 1 aromatic rings. The van der Waals surface area contributed by atoms with Crippen LogP contribution in [0.15, 0.2) is 23.1 Å². The van der Waals surface area contributed by atoms with Gasteiger partial charge in [-0.25, -0.2) is 0 Å². The second kappa shape index (κ2) is 3.50. The van der Waals surface area contributed by atoms with E-state index in [0.717, 1.165) is 0 Å². The van der Waals surface area contributed by atoms with Crippen LogP contribution in [0.1, 0.15) is 13.3 Å². The standard InChI is InChI=1S/C10H10Cl2N2O2/c1-9(5-10(9,11)12)8(16)14-6-3-2-4-13-7(6)15/h2-4H,5H2,1H3,(H,13,15)(H,14,16). The Kier molecular flexibility index (Phi) is 2.51. The summed E-state index contributed by atoms with van der Waals surface area (Å²) in [6, 6.07) is 3.15. The number of nitrogens with one attached hydrogen (secondary N) is 2. The van der Waals surface area contributed by atoms with E-state index in [1.165, 1.54) is 12.3 Å². The fourth-order valence-corrected chi connectivity index (χ4v) is 2.13. The zero-order valence-electron chi connectivity index (χ0n) is 8.51. The Bertz CT molecular complexity index is 498. The van der Waals surface area contributed by atoms with E-state index in [2.05, 4.69) is 10.3 Å². The maximum atomic E-state index is 11.8. The highest BCUT2D eigenvalue weighted by atomic mass is 35.5. The lowest BCUT2D eigenvalue weighted by Gasteiger charge is -2.11. The van der Waals surface area contributed by atoms with Gasteiger partial charge in [-0.2, -0.15) is 0 Å². The molecule has 0 bridgehead atoms. The lowest BCUT2D eigenvalue weighted by molar-refractivity contribution is -0.120. The minimum absolute atomic E-state index is 0.199. The lowest BCUT2D eigenvalue weighted by Crippen LogP contribution is -2.28. The first kappa shape index (κ1) is 11.5. The average molecular weight is 261 g/mol. The van der Waals surface area contributed by atoms with Crippen LogP contribution in [0.2, 0.25) is 0 Å². The van der Waals surface area contributed by atoms with Crippen LogP contribution in [0.25, 0.3) is 0 Å². The molecule has 0 saturated heterocycles. The number of pyridine rings is 1. The number of aromatic amines is 1. The molecule has 1 aromatic heterocycles. The SMILES string of the molecule is CC1(C(=O)Nc2ccc[nH]c2=O)CC1(Cl)Cl. The topological polar surface area (TPSA) is 62.0 Å². The third kappa shape index (κ3) is 1.72. The summed E-state index contributed by atoms with van der Waals surface area (Å²) in [4.78, 5) is 25.6. The van der Waals surface area contributed by atoms with E-state index in [4.69, 9.17) is 23.2 Å². The van der Waals surface area contributed by atoms with Crippen LogP contribution in [-0.2, 0) is 4.79 Å². The summed E-state index contributed by atoms with van der Waals surface area (Å²) in [7, 11) is 0. The number of amides is 1. The van der Waals surface area contributed by atoms with E-state index in [0.29, 0.717) is 6.42 Å². The number of aromatic nitrogens is 1. The molecule has 1 heterocycles. The molecule has 1 unspecified atom stereocenters. The Balaban J connectivity index is 2.16. The van der Waals surface area contributed by atoms with E-state index in [-0.39, 0.29) is 17.2 Å². The molecule has 1 aliphatic rings. The number of hydrogen-bond donors (Lipinski definition) is 2. The van der Waals surface area contributed by atoms with Crippen LogP contribution in [0.3, 0.4) is 0 Å². The van der Waals surface area contributed by atoms with Crippen molar-refractivity contribution in [1.82, 2.24) is 4.98 Å². The predicted octanol–water partition coefficient (Wildman–Crippen LogP) is 1.90. The molecule has 86 valence electrons. The van der Waals surface area contributed by atoms with Gasteiger partial charge in [0.2, 0.25) is 5.91 Å². The molecular weight excluding hydrogens is 251 g/mol. The summed E-state index contributed by atoms with van der Waals surface area (Å²) in [5.41, 5.74) is -0.974. The van der Waals surface area contributed by atoms with Crippen molar-refractivity contribution >= 4 is 34.8 Å². The number of hydrogen-bond acceptors (Lipinski definition) is 2. The lowest BCUT2D eigenvalue weighted by atomic mass is 10.1. The van der Waals surface area contributed by atoms with Crippen LogP contribution < -0.4 is 10.9 Å². The van der Waals surface area contributed by atoms with E-state index >= 15 is 0 Å². The van der Waals surface area contributed by atoms with Crippen LogP contribution >= 0.6 is 23.2 Å². The summed E-state index contributed by atoms with van der Waals surface area (Å²) in [5, 5.41) is 2.52. The number of alkyl halides is 2. The molecule has 1 fully saturated rings. The molecule has 0 aliphatic heterocycles. The number of halogens is 2. The van der Waals surface area contributed by atoms with Crippen molar-refractivity contribution in [2.75, 3.05) is 5.32 Å². The van der Waals surface area contributed by atoms with Gasteiger partial charge >= 0.3 is 0 Å². The summed E-state index contributed by atoms with van der Waals surface area (Å²) in [5.74, 6) is -0.339. The zero-order chi connectivity index (χ0) is 12.0. The van der Waals surface area contributed by atoms with Gasteiger partial charge in [-0.15, -0.1) is 23.2 Å². The molecule has 2 rings (SSSR count). The highest BCUT2D eigenvalue weighted by Gasteiger charge is 2.67. The van der Waals surface area contributed by atoms with Gasteiger partial charge in [0, 0.05) is 6.20 Å². The Hall–Kier alpha value is -1.000. The molecule has 0 radical (unpaired) electrons. The van der Waals surface area contributed by atoms with Gasteiger partial charge in [0.05, 0.1) is 5.41 Å². The van der Waals surface area contributed by atoms with Crippen LogP contribution in [0.4, 0.5) is 5.69 Å². The van der Waals surface area contributed by atoms with E-state index in [1.807, 2.05) is 0 Å². The third-order valence-electron chi connectivity index (χ3n) is 2.83. The maximum Gasteiger partial charge on any atom is 0.271 e. The van der Waals surface area contributed by atoms with Gasteiger partial charge in [-0.05, 0) is 25.5 Å². The monoisotopic (exact) mass is 260 g/mol. The number of rotatable bonds is 2. The normalized spacial score (nSPS) is 26.2. The summed E-state index contributed by atoms with van der Waals surface area (Å²) >= 11 is 11.7. The number of H-pyrrole nitrogens is 1. The van der Waals surface area contributed by atoms with Crippen molar-refractivity contribution in [3.05, 3.63) is 28.7 Å². The largest absolute Gasteiger partial charge is 0.327 e. The Morgan fingerprint density at radius 3 is 2.69 bits per heavy atom. The van der Waals surface area contributed by atoms with Crippen molar-refractivity contribution in [2.45, 2.75) is 17.7 Å². The number of anilines is 1. The molecule has 2 N–H and O–H groups in total. The van der Waals surface area contributed by atoms with Gasteiger partial charge in [-0.3, -0.25) is 9.59 Å². The van der Waals surface area contributed by atoms with E-state index in [1.54, 1.807) is 13.0 Å². The van der Waals surface area contributed by atoms with Gasteiger partial charge in [0.1, 0.15) is 10.0 Å². The fourth-order valence-electron chi connectivity index (χ4n) is 1.43. The van der Waals surface area contributed by atoms with Gasteiger partial charge < -0.3 is 10.3 Å². The molecule has 1 amide bonds. The van der Waals surface area contributed by atoms with Crippen molar-refractivity contribution in [2.24, 2.45) is 5.41 Å². The molecule has 1 aliphatic carbocycles. The summed E-state index contributed by atoms with van der Waals surface area (Å²) < 4.78 is -1.03. The Morgan fingerprint density at radius 2 is 2.19 bits per heavy atom. The van der Waals surface area contributed by atoms with Gasteiger partial charge in [0.15, 0.2) is 0 Å². The molecule has 4 nitrogen and oxygen atoms in total. The van der Waals surface area contributed by atoms with Crippen molar-refractivity contribution < 1.29 is 4.79 Å². The Morgan fingerprint density at radius 1 is 1.56 bits per heavy atom. The van der Waals surface area contributed by atoms with E-state index in [9.17, 15) is 9.59 Å². The van der Waals surface area contributed by atoms with Gasteiger partial charge in [-0.1, -0.05) is 0 Å². The molecule has 16 heavy (non-hydrogen) atoms. The van der Waals surface area contributed by atoms with Crippen LogP contribution in [0, 0.1) is 5.41 Å². The van der Waals surface area contributed by atoms with Crippen molar-refractivity contribution in [3.63, 3.8) is 0 Å². The molecule has 1 atom stereocenters. The summed E-state index contributed by atoms with van der Waals surface area (Å²) in [6.45, 7) is 1.67. The van der Waals surface area contributed by atoms with Crippen LogP contribution in [-0.4, -0.2) is 15.2 Å². The van der Waals surface area contributed by atoms with Crippen molar-refractivity contribution in [3.8, 4) is 0 Å². The third-order valence-corrected chi connectivity index (χ3v) is 3.93. The summed E-state index contributed by atoms with van der Waals surface area (Å²) in [6.07, 6.45) is 1.88. The first-order chi connectivity index (χ1) is 7.37. The zero-order valence-corrected chi connectivity index (χ0v) is 10.0. The van der Waals surface area contributed by atoms with Crippen molar-refractivity contribution in [1.29, 1.82) is 0 Å². The molecule has 0 spiro atoms. The number of carbonyl (C=O) groups is 1. The minimum Gasteiger partial charge on any atom is -0.327 e. The highest BCUT2D eigenvalue weighted by Crippen LogP contribution is 2.64. The first-order valence-electron chi connectivity index (χ1n) is 4.74.